The van der Waals surface area contributed by atoms with Crippen molar-refractivity contribution in [3.05, 3.63) is 35.4 Å². The summed E-state index contributed by atoms with van der Waals surface area (Å²) >= 11 is 0. The molecule has 0 radical (unpaired) electrons. The van der Waals surface area contributed by atoms with Gasteiger partial charge in [-0.1, -0.05) is 6.07 Å². The number of rotatable bonds is 3. The summed E-state index contributed by atoms with van der Waals surface area (Å²) in [6.45, 7) is 1.27. The molecule has 0 bridgehead atoms. The van der Waals surface area contributed by atoms with E-state index in [-0.39, 0.29) is 12.0 Å². The standard InChI is InChI=1S/C10H10F2O2/c1-10(14,6-13)5-7-2-3-8(11)4-9(7)12/h2-4,6,14H,5H2,1H3. The summed E-state index contributed by atoms with van der Waals surface area (Å²) in [5.74, 6) is -1.44. The molecule has 0 aliphatic rings. The molecule has 0 amide bonds. The van der Waals surface area contributed by atoms with Crippen LogP contribution in [-0.2, 0) is 11.2 Å². The summed E-state index contributed by atoms with van der Waals surface area (Å²) in [5, 5.41) is 9.34. The Morgan fingerprint density at radius 2 is 2.14 bits per heavy atom. The molecule has 1 rings (SSSR count). The lowest BCUT2D eigenvalue weighted by Crippen LogP contribution is -2.29. The van der Waals surface area contributed by atoms with Gasteiger partial charge in [-0.05, 0) is 18.6 Å². The predicted molar refractivity (Wildman–Crippen MR) is 46.7 cm³/mol. The van der Waals surface area contributed by atoms with E-state index >= 15 is 0 Å². The number of halogens is 2. The second-order valence-corrected chi connectivity index (χ2v) is 3.39. The third kappa shape index (κ3) is 2.60. The predicted octanol–water partition coefficient (Wildman–Crippen LogP) is 1.46. The first-order valence-corrected chi connectivity index (χ1v) is 4.07. The highest BCUT2D eigenvalue weighted by molar-refractivity contribution is 5.62. The van der Waals surface area contributed by atoms with Crippen LogP contribution >= 0.6 is 0 Å². The Bertz CT molecular complexity index is 348. The minimum absolute atomic E-state index is 0.114. The first-order chi connectivity index (χ1) is 6.44. The number of carbonyl (C=O) groups is 1. The monoisotopic (exact) mass is 200 g/mol. The summed E-state index contributed by atoms with van der Waals surface area (Å²) in [7, 11) is 0. The van der Waals surface area contributed by atoms with Gasteiger partial charge < -0.3 is 9.90 Å². The number of carbonyl (C=O) groups excluding carboxylic acids is 1. The number of hydrogen-bond acceptors (Lipinski definition) is 2. The van der Waals surface area contributed by atoms with Crippen LogP contribution in [0, 0.1) is 11.6 Å². The minimum atomic E-state index is -1.61. The Hall–Kier alpha value is -1.29. The van der Waals surface area contributed by atoms with Gasteiger partial charge >= 0.3 is 0 Å². The molecule has 0 saturated heterocycles. The van der Waals surface area contributed by atoms with Gasteiger partial charge in [0.1, 0.15) is 17.2 Å². The summed E-state index contributed by atoms with van der Waals surface area (Å²) in [6.07, 6.45) is 0.165. The zero-order chi connectivity index (χ0) is 10.8. The van der Waals surface area contributed by atoms with Crippen molar-refractivity contribution in [3.8, 4) is 0 Å². The molecule has 0 aromatic heterocycles. The van der Waals surface area contributed by atoms with Crippen LogP contribution in [0.2, 0.25) is 0 Å². The fourth-order valence-electron chi connectivity index (χ4n) is 1.09. The Labute approximate surface area is 80.2 Å². The summed E-state index contributed by atoms with van der Waals surface area (Å²) in [6, 6.07) is 3.01. The summed E-state index contributed by atoms with van der Waals surface area (Å²) in [4.78, 5) is 10.4. The van der Waals surface area contributed by atoms with E-state index in [9.17, 15) is 18.7 Å². The molecule has 0 saturated carbocycles. The van der Waals surface area contributed by atoms with E-state index in [1.54, 1.807) is 0 Å². The molecule has 14 heavy (non-hydrogen) atoms. The molecule has 0 fully saturated rings. The maximum atomic E-state index is 13.1. The smallest absolute Gasteiger partial charge is 0.151 e. The van der Waals surface area contributed by atoms with Crippen molar-refractivity contribution in [2.24, 2.45) is 0 Å². The minimum Gasteiger partial charge on any atom is -0.382 e. The molecule has 0 heterocycles. The molecular weight excluding hydrogens is 190 g/mol. The maximum absolute atomic E-state index is 13.1. The largest absolute Gasteiger partial charge is 0.382 e. The lowest BCUT2D eigenvalue weighted by Gasteiger charge is -2.15. The first kappa shape index (κ1) is 10.8. The zero-order valence-electron chi connectivity index (χ0n) is 7.63. The van der Waals surface area contributed by atoms with Crippen molar-refractivity contribution >= 4 is 6.29 Å². The molecular formula is C10H10F2O2. The highest BCUT2D eigenvalue weighted by Crippen LogP contribution is 2.15. The normalized spacial score (nSPS) is 14.9. The van der Waals surface area contributed by atoms with Crippen molar-refractivity contribution in [2.45, 2.75) is 18.9 Å². The molecule has 1 unspecified atom stereocenters. The summed E-state index contributed by atoms with van der Waals surface area (Å²) in [5.41, 5.74) is -1.50. The van der Waals surface area contributed by atoms with E-state index in [1.165, 1.54) is 13.0 Å². The molecule has 1 aromatic carbocycles. The van der Waals surface area contributed by atoms with Crippen molar-refractivity contribution in [2.75, 3.05) is 0 Å². The second-order valence-electron chi connectivity index (χ2n) is 3.39. The SMILES string of the molecule is CC(O)(C=O)Cc1ccc(F)cc1F. The molecule has 4 heteroatoms. The van der Waals surface area contributed by atoms with E-state index < -0.39 is 17.2 Å². The third-order valence-electron chi connectivity index (χ3n) is 1.82. The van der Waals surface area contributed by atoms with E-state index in [0.717, 1.165) is 12.1 Å². The van der Waals surface area contributed by atoms with Crippen LogP contribution in [0.25, 0.3) is 0 Å². The fraction of sp³-hybridized carbons (Fsp3) is 0.300. The summed E-state index contributed by atoms with van der Waals surface area (Å²) < 4.78 is 25.5. The van der Waals surface area contributed by atoms with Gasteiger partial charge in [0.25, 0.3) is 0 Å². The van der Waals surface area contributed by atoms with Crippen LogP contribution in [0.4, 0.5) is 8.78 Å². The van der Waals surface area contributed by atoms with Crippen LogP contribution in [0.15, 0.2) is 18.2 Å². The first-order valence-electron chi connectivity index (χ1n) is 4.07. The van der Waals surface area contributed by atoms with Gasteiger partial charge in [-0.15, -0.1) is 0 Å². The Morgan fingerprint density at radius 1 is 1.50 bits per heavy atom. The Balaban J connectivity index is 2.92. The van der Waals surface area contributed by atoms with Gasteiger partial charge in [0.05, 0.1) is 0 Å². The lowest BCUT2D eigenvalue weighted by atomic mass is 9.98. The topological polar surface area (TPSA) is 37.3 Å². The quantitative estimate of drug-likeness (QED) is 0.750. The molecule has 1 N–H and O–H groups in total. The Morgan fingerprint density at radius 3 is 2.64 bits per heavy atom. The van der Waals surface area contributed by atoms with Crippen LogP contribution in [0.5, 0.6) is 0 Å². The molecule has 0 spiro atoms. The van der Waals surface area contributed by atoms with Gasteiger partial charge in [0.2, 0.25) is 0 Å². The average molecular weight is 200 g/mol. The van der Waals surface area contributed by atoms with Crippen LogP contribution in [-0.4, -0.2) is 17.0 Å². The number of aldehydes is 1. The van der Waals surface area contributed by atoms with Crippen LogP contribution in [0.3, 0.4) is 0 Å². The van der Waals surface area contributed by atoms with E-state index in [4.69, 9.17) is 0 Å². The van der Waals surface area contributed by atoms with Crippen LogP contribution in [0.1, 0.15) is 12.5 Å². The lowest BCUT2D eigenvalue weighted by molar-refractivity contribution is -0.122. The van der Waals surface area contributed by atoms with Gasteiger partial charge in [-0.25, -0.2) is 8.78 Å². The molecule has 76 valence electrons. The molecule has 2 nitrogen and oxygen atoms in total. The van der Waals surface area contributed by atoms with Crippen molar-refractivity contribution in [1.29, 1.82) is 0 Å². The molecule has 0 aliphatic heterocycles. The Kier molecular flexibility index (Phi) is 2.96. The number of aliphatic hydroxyl groups is 1. The van der Waals surface area contributed by atoms with Gasteiger partial charge in [0, 0.05) is 12.5 Å². The highest BCUT2D eigenvalue weighted by Gasteiger charge is 2.21. The highest BCUT2D eigenvalue weighted by atomic mass is 19.1. The van der Waals surface area contributed by atoms with Crippen molar-refractivity contribution < 1.29 is 18.7 Å². The molecule has 1 atom stereocenters. The van der Waals surface area contributed by atoms with Crippen LogP contribution < -0.4 is 0 Å². The van der Waals surface area contributed by atoms with E-state index in [1.807, 2.05) is 0 Å². The zero-order valence-corrected chi connectivity index (χ0v) is 7.63. The van der Waals surface area contributed by atoms with Gasteiger partial charge in [-0.3, -0.25) is 0 Å². The number of benzene rings is 1. The second kappa shape index (κ2) is 3.84. The van der Waals surface area contributed by atoms with Crippen molar-refractivity contribution in [3.63, 3.8) is 0 Å². The number of hydrogen-bond donors (Lipinski definition) is 1. The van der Waals surface area contributed by atoms with Crippen molar-refractivity contribution in [1.82, 2.24) is 0 Å². The molecule has 0 aliphatic carbocycles. The van der Waals surface area contributed by atoms with Gasteiger partial charge in [-0.2, -0.15) is 0 Å². The third-order valence-corrected chi connectivity index (χ3v) is 1.82. The van der Waals surface area contributed by atoms with E-state index in [2.05, 4.69) is 0 Å². The van der Waals surface area contributed by atoms with E-state index in [0.29, 0.717) is 6.29 Å². The fourth-order valence-corrected chi connectivity index (χ4v) is 1.09. The maximum Gasteiger partial charge on any atom is 0.151 e. The molecule has 1 aromatic rings. The van der Waals surface area contributed by atoms with Gasteiger partial charge in [0.15, 0.2) is 6.29 Å². The average Bonchev–Trinajstić information content (AvgIpc) is 2.10.